The van der Waals surface area contributed by atoms with E-state index in [-0.39, 0.29) is 17.4 Å². The zero-order valence-electron chi connectivity index (χ0n) is 13.3. The van der Waals surface area contributed by atoms with Gasteiger partial charge in [-0.05, 0) is 42.9 Å². The van der Waals surface area contributed by atoms with E-state index in [2.05, 4.69) is 20.4 Å². The van der Waals surface area contributed by atoms with Crippen LogP contribution >= 0.6 is 0 Å². The Morgan fingerprint density at radius 2 is 2.08 bits per heavy atom. The minimum atomic E-state index is -0.210. The number of aryl methyl sites for hydroxylation is 1. The number of halogens is 1. The molecule has 0 spiro atoms. The molecule has 0 bridgehead atoms. The molecule has 6 nitrogen and oxygen atoms in total. The number of aromatic nitrogens is 4. The van der Waals surface area contributed by atoms with E-state index in [4.69, 9.17) is 0 Å². The maximum Gasteiger partial charge on any atom is 0.263 e. The molecule has 2 N–H and O–H groups in total. The summed E-state index contributed by atoms with van der Waals surface area (Å²) in [6.07, 6.45) is 4.46. The van der Waals surface area contributed by atoms with Crippen LogP contribution in [0.5, 0.6) is 0 Å². The fourth-order valence-corrected chi connectivity index (χ4v) is 3.44. The van der Waals surface area contributed by atoms with Gasteiger partial charge in [-0.25, -0.2) is 4.39 Å². The van der Waals surface area contributed by atoms with E-state index in [1.54, 1.807) is 11.7 Å². The van der Waals surface area contributed by atoms with Gasteiger partial charge in [0, 0.05) is 13.1 Å². The topological polar surface area (TPSA) is 75.6 Å². The van der Waals surface area contributed by atoms with Crippen LogP contribution in [-0.4, -0.2) is 25.8 Å². The average molecular weight is 327 g/mol. The molecular formula is C17H18FN5O. The van der Waals surface area contributed by atoms with Gasteiger partial charge in [-0.15, -0.1) is 0 Å². The third-order valence-corrected chi connectivity index (χ3v) is 4.72. The minimum absolute atomic E-state index is 0.191. The van der Waals surface area contributed by atoms with Crippen molar-refractivity contribution in [3.63, 3.8) is 0 Å². The van der Waals surface area contributed by atoms with E-state index >= 15 is 0 Å². The summed E-state index contributed by atoms with van der Waals surface area (Å²) in [5.74, 6) is 0.661. The minimum Gasteiger partial charge on any atom is -0.353 e. The summed E-state index contributed by atoms with van der Waals surface area (Å²) in [5, 5.41) is 7.87. The fraction of sp³-hybridized carbons (Fsp3) is 0.353. The first kappa shape index (κ1) is 14.9. The van der Waals surface area contributed by atoms with Crippen molar-refractivity contribution in [2.24, 2.45) is 7.05 Å². The molecule has 4 rings (SSSR count). The molecule has 0 radical (unpaired) electrons. The number of fused-ring (bicyclic) bond motifs is 1. The van der Waals surface area contributed by atoms with Crippen LogP contribution in [0.25, 0.3) is 11.0 Å². The Bertz CT molecular complexity index is 930. The van der Waals surface area contributed by atoms with Crippen molar-refractivity contribution >= 4 is 17.0 Å². The Kier molecular flexibility index (Phi) is 3.55. The SMILES string of the molecule is Cn1ncc2c(=O)[nH]c(N[C@@H]3CC[C@H](c4ccc(F)cc4)C3)nc21. The van der Waals surface area contributed by atoms with Crippen LogP contribution in [-0.2, 0) is 7.05 Å². The second-order valence-electron chi connectivity index (χ2n) is 6.32. The number of anilines is 1. The first-order chi connectivity index (χ1) is 11.6. The van der Waals surface area contributed by atoms with Crippen molar-refractivity contribution < 1.29 is 4.39 Å². The van der Waals surface area contributed by atoms with Gasteiger partial charge < -0.3 is 5.32 Å². The molecule has 1 aliphatic carbocycles. The highest BCUT2D eigenvalue weighted by Crippen LogP contribution is 2.35. The van der Waals surface area contributed by atoms with Gasteiger partial charge in [-0.2, -0.15) is 10.1 Å². The summed E-state index contributed by atoms with van der Waals surface area (Å²) in [7, 11) is 1.76. The van der Waals surface area contributed by atoms with Gasteiger partial charge in [0.1, 0.15) is 11.2 Å². The van der Waals surface area contributed by atoms with E-state index in [1.165, 1.54) is 18.3 Å². The quantitative estimate of drug-likeness (QED) is 0.775. The van der Waals surface area contributed by atoms with Gasteiger partial charge in [0.05, 0.1) is 6.20 Å². The lowest BCUT2D eigenvalue weighted by molar-refractivity contribution is 0.624. The molecule has 7 heteroatoms. The second kappa shape index (κ2) is 5.74. The number of nitrogens with one attached hydrogen (secondary N) is 2. The number of rotatable bonds is 3. The van der Waals surface area contributed by atoms with E-state index in [0.29, 0.717) is 22.9 Å². The highest BCUT2D eigenvalue weighted by Gasteiger charge is 2.26. The first-order valence-electron chi connectivity index (χ1n) is 8.04. The summed E-state index contributed by atoms with van der Waals surface area (Å²) in [6, 6.07) is 6.94. The highest BCUT2D eigenvalue weighted by molar-refractivity contribution is 5.74. The molecular weight excluding hydrogens is 309 g/mol. The molecule has 3 aromatic rings. The lowest BCUT2D eigenvalue weighted by Crippen LogP contribution is -2.20. The lowest BCUT2D eigenvalue weighted by Gasteiger charge is -2.14. The van der Waals surface area contributed by atoms with Gasteiger partial charge in [0.2, 0.25) is 5.95 Å². The second-order valence-corrected chi connectivity index (χ2v) is 6.32. The van der Waals surface area contributed by atoms with Crippen LogP contribution in [0, 0.1) is 5.82 Å². The van der Waals surface area contributed by atoms with E-state index < -0.39 is 0 Å². The maximum atomic E-state index is 13.0. The molecule has 2 atom stereocenters. The summed E-state index contributed by atoms with van der Waals surface area (Å²) < 4.78 is 14.6. The summed E-state index contributed by atoms with van der Waals surface area (Å²) in [6.45, 7) is 0. The van der Waals surface area contributed by atoms with Crippen molar-refractivity contribution in [2.75, 3.05) is 5.32 Å². The molecule has 1 aromatic carbocycles. The fourth-order valence-electron chi connectivity index (χ4n) is 3.44. The summed E-state index contributed by atoms with van der Waals surface area (Å²) in [5.41, 5.74) is 1.53. The third kappa shape index (κ3) is 2.66. The van der Waals surface area contributed by atoms with Crippen LogP contribution < -0.4 is 10.9 Å². The van der Waals surface area contributed by atoms with Crippen molar-refractivity contribution in [3.8, 4) is 0 Å². The molecule has 2 aromatic heterocycles. The normalized spacial score (nSPS) is 20.6. The number of hydrogen-bond donors (Lipinski definition) is 2. The lowest BCUT2D eigenvalue weighted by atomic mass is 9.97. The third-order valence-electron chi connectivity index (χ3n) is 4.72. The zero-order chi connectivity index (χ0) is 16.7. The molecule has 0 aliphatic heterocycles. The Morgan fingerprint density at radius 1 is 1.29 bits per heavy atom. The van der Waals surface area contributed by atoms with E-state index in [9.17, 15) is 9.18 Å². The largest absolute Gasteiger partial charge is 0.353 e. The number of benzene rings is 1. The Hall–Kier alpha value is -2.70. The number of aromatic amines is 1. The van der Waals surface area contributed by atoms with Crippen LogP contribution in [0.2, 0.25) is 0 Å². The molecule has 124 valence electrons. The summed E-state index contributed by atoms with van der Waals surface area (Å²) in [4.78, 5) is 19.3. The molecule has 0 saturated heterocycles. The van der Waals surface area contributed by atoms with Crippen LogP contribution in [0.4, 0.5) is 10.3 Å². The van der Waals surface area contributed by atoms with Gasteiger partial charge >= 0.3 is 0 Å². The van der Waals surface area contributed by atoms with Crippen molar-refractivity contribution in [1.29, 1.82) is 0 Å². The van der Waals surface area contributed by atoms with E-state index in [0.717, 1.165) is 24.8 Å². The monoisotopic (exact) mass is 327 g/mol. The van der Waals surface area contributed by atoms with E-state index in [1.807, 2.05) is 12.1 Å². The van der Waals surface area contributed by atoms with Crippen LogP contribution in [0.15, 0.2) is 35.3 Å². The van der Waals surface area contributed by atoms with Crippen LogP contribution in [0.3, 0.4) is 0 Å². The molecule has 24 heavy (non-hydrogen) atoms. The Morgan fingerprint density at radius 3 is 2.88 bits per heavy atom. The molecule has 2 heterocycles. The number of nitrogens with zero attached hydrogens (tertiary/aromatic N) is 3. The van der Waals surface area contributed by atoms with Crippen molar-refractivity contribution in [3.05, 3.63) is 52.2 Å². The maximum absolute atomic E-state index is 13.0. The molecule has 1 aliphatic rings. The molecule has 1 fully saturated rings. The van der Waals surface area contributed by atoms with Gasteiger partial charge in [-0.3, -0.25) is 14.5 Å². The first-order valence-corrected chi connectivity index (χ1v) is 8.04. The number of H-pyrrole nitrogens is 1. The Balaban J connectivity index is 1.51. The number of hydrogen-bond acceptors (Lipinski definition) is 4. The Labute approximate surface area is 137 Å². The standard InChI is InChI=1S/C17H18FN5O/c1-23-15-14(9-19-23)16(24)22-17(21-15)20-13-7-4-11(8-13)10-2-5-12(18)6-3-10/h2-3,5-6,9,11,13H,4,7-8H2,1H3,(H2,20,21,22,24)/t11-,13+/m0/s1. The van der Waals surface area contributed by atoms with Gasteiger partial charge in [0.15, 0.2) is 5.65 Å². The zero-order valence-corrected chi connectivity index (χ0v) is 13.3. The highest BCUT2D eigenvalue weighted by atomic mass is 19.1. The molecule has 1 saturated carbocycles. The smallest absolute Gasteiger partial charge is 0.263 e. The summed E-state index contributed by atoms with van der Waals surface area (Å²) >= 11 is 0. The van der Waals surface area contributed by atoms with Crippen molar-refractivity contribution in [2.45, 2.75) is 31.2 Å². The van der Waals surface area contributed by atoms with Gasteiger partial charge in [0.25, 0.3) is 5.56 Å². The predicted molar refractivity (Wildman–Crippen MR) is 89.5 cm³/mol. The van der Waals surface area contributed by atoms with Crippen molar-refractivity contribution in [1.82, 2.24) is 19.7 Å². The molecule has 0 unspecified atom stereocenters. The van der Waals surface area contributed by atoms with Gasteiger partial charge in [-0.1, -0.05) is 12.1 Å². The molecule has 0 amide bonds. The average Bonchev–Trinajstić information content (AvgIpc) is 3.16. The predicted octanol–water partition coefficient (Wildman–Crippen LogP) is 2.54. The van der Waals surface area contributed by atoms with Crippen LogP contribution in [0.1, 0.15) is 30.7 Å².